The second-order valence-electron chi connectivity index (χ2n) is 4.27. The number of esters is 1. The summed E-state index contributed by atoms with van der Waals surface area (Å²) in [6, 6.07) is 3.45. The summed E-state index contributed by atoms with van der Waals surface area (Å²) in [5.41, 5.74) is 0.429. The minimum absolute atomic E-state index is 0.116. The van der Waals surface area contributed by atoms with Gasteiger partial charge in [-0.05, 0) is 35.0 Å². The zero-order valence-corrected chi connectivity index (χ0v) is 12.9. The molecule has 0 aliphatic heterocycles. The van der Waals surface area contributed by atoms with Crippen LogP contribution in [0.5, 0.6) is 0 Å². The van der Waals surface area contributed by atoms with Gasteiger partial charge >= 0.3 is 5.97 Å². The predicted molar refractivity (Wildman–Crippen MR) is 76.2 cm³/mol. The highest BCUT2D eigenvalue weighted by Crippen LogP contribution is 2.27. The number of methoxy groups -OCH3 is 1. The van der Waals surface area contributed by atoms with Crippen LogP contribution < -0.4 is 5.32 Å². The van der Waals surface area contributed by atoms with Crippen LogP contribution in [0, 0.1) is 18.6 Å². The van der Waals surface area contributed by atoms with Crippen LogP contribution in [-0.2, 0) is 11.3 Å². The monoisotopic (exact) mass is 359 g/mol. The SMILES string of the molecule is COC(=O)c1cc(CNc2c(F)cc(F)cc2Br)oc1C. The molecule has 4 nitrogen and oxygen atoms in total. The van der Waals surface area contributed by atoms with Crippen molar-refractivity contribution in [2.24, 2.45) is 0 Å². The molecule has 7 heteroatoms. The summed E-state index contributed by atoms with van der Waals surface area (Å²) in [6.45, 7) is 1.77. The van der Waals surface area contributed by atoms with E-state index in [0.717, 1.165) is 12.1 Å². The molecule has 0 radical (unpaired) electrons. The van der Waals surface area contributed by atoms with Crippen LogP contribution in [-0.4, -0.2) is 13.1 Å². The second kappa shape index (κ2) is 6.26. The van der Waals surface area contributed by atoms with E-state index in [2.05, 4.69) is 26.0 Å². The van der Waals surface area contributed by atoms with Crippen LogP contribution in [0.4, 0.5) is 14.5 Å². The van der Waals surface area contributed by atoms with E-state index >= 15 is 0 Å². The van der Waals surface area contributed by atoms with Crippen molar-refractivity contribution >= 4 is 27.6 Å². The predicted octanol–water partition coefficient (Wildman–Crippen LogP) is 4.03. The van der Waals surface area contributed by atoms with Crippen LogP contribution in [0.25, 0.3) is 0 Å². The van der Waals surface area contributed by atoms with Crippen molar-refractivity contribution in [1.29, 1.82) is 0 Å². The molecule has 1 aromatic carbocycles. The Balaban J connectivity index is 2.16. The summed E-state index contributed by atoms with van der Waals surface area (Å²) in [6.07, 6.45) is 0. The molecule has 0 saturated heterocycles. The molecule has 0 aliphatic rings. The highest BCUT2D eigenvalue weighted by Gasteiger charge is 2.16. The van der Waals surface area contributed by atoms with Gasteiger partial charge in [0.15, 0.2) is 0 Å². The molecule has 1 N–H and O–H groups in total. The molecule has 0 fully saturated rings. The highest BCUT2D eigenvalue weighted by molar-refractivity contribution is 9.10. The van der Waals surface area contributed by atoms with E-state index in [1.54, 1.807) is 6.92 Å². The number of aryl methyl sites for hydroxylation is 1. The normalized spacial score (nSPS) is 10.5. The Kier molecular flexibility index (Phi) is 4.62. The molecule has 0 atom stereocenters. The van der Waals surface area contributed by atoms with Crippen molar-refractivity contribution in [1.82, 2.24) is 0 Å². The fourth-order valence-electron chi connectivity index (χ4n) is 1.83. The highest BCUT2D eigenvalue weighted by atomic mass is 79.9. The van der Waals surface area contributed by atoms with Crippen LogP contribution >= 0.6 is 15.9 Å². The van der Waals surface area contributed by atoms with Crippen molar-refractivity contribution in [2.45, 2.75) is 13.5 Å². The Bertz CT molecular complexity index is 662. The first-order chi connectivity index (χ1) is 9.92. The number of ether oxygens (including phenoxy) is 1. The van der Waals surface area contributed by atoms with Gasteiger partial charge in [-0.1, -0.05) is 0 Å². The Hall–Kier alpha value is -1.89. The number of carbonyl (C=O) groups is 1. The van der Waals surface area contributed by atoms with Gasteiger partial charge in [0.25, 0.3) is 0 Å². The van der Waals surface area contributed by atoms with Crippen molar-refractivity contribution in [3.63, 3.8) is 0 Å². The lowest BCUT2D eigenvalue weighted by Crippen LogP contribution is -2.03. The van der Waals surface area contributed by atoms with Gasteiger partial charge < -0.3 is 14.5 Å². The number of nitrogens with one attached hydrogen (secondary N) is 1. The Labute approximate surface area is 128 Å². The van der Waals surface area contributed by atoms with Gasteiger partial charge in [-0.15, -0.1) is 0 Å². The van der Waals surface area contributed by atoms with Crippen molar-refractivity contribution in [3.05, 3.63) is 51.4 Å². The van der Waals surface area contributed by atoms with Crippen LogP contribution in [0.15, 0.2) is 27.1 Å². The lowest BCUT2D eigenvalue weighted by Gasteiger charge is -2.08. The third-order valence-corrected chi connectivity index (χ3v) is 3.45. The first-order valence-electron chi connectivity index (χ1n) is 5.98. The largest absolute Gasteiger partial charge is 0.465 e. The minimum Gasteiger partial charge on any atom is -0.465 e. The lowest BCUT2D eigenvalue weighted by molar-refractivity contribution is 0.0599. The van der Waals surface area contributed by atoms with Gasteiger partial charge in [-0.3, -0.25) is 0 Å². The molecule has 2 rings (SSSR count). The van der Waals surface area contributed by atoms with E-state index in [9.17, 15) is 13.6 Å². The minimum atomic E-state index is -0.724. The quantitative estimate of drug-likeness (QED) is 0.837. The van der Waals surface area contributed by atoms with Gasteiger partial charge in [0.1, 0.15) is 28.7 Å². The summed E-state index contributed by atoms with van der Waals surface area (Å²) >= 11 is 3.08. The first-order valence-corrected chi connectivity index (χ1v) is 6.77. The van der Waals surface area contributed by atoms with E-state index in [1.165, 1.54) is 13.2 Å². The van der Waals surface area contributed by atoms with Crippen molar-refractivity contribution in [3.8, 4) is 0 Å². The molecule has 0 spiro atoms. The Morgan fingerprint density at radius 3 is 2.71 bits per heavy atom. The van der Waals surface area contributed by atoms with Gasteiger partial charge in [-0.2, -0.15) is 0 Å². The zero-order chi connectivity index (χ0) is 15.6. The van der Waals surface area contributed by atoms with E-state index in [1.807, 2.05) is 0 Å². The van der Waals surface area contributed by atoms with E-state index in [0.29, 0.717) is 17.1 Å². The summed E-state index contributed by atoms with van der Waals surface area (Å²) in [7, 11) is 1.28. The Morgan fingerprint density at radius 2 is 2.10 bits per heavy atom. The number of rotatable bonds is 4. The van der Waals surface area contributed by atoms with Gasteiger partial charge in [0.05, 0.1) is 19.3 Å². The average molecular weight is 360 g/mol. The second-order valence-corrected chi connectivity index (χ2v) is 5.13. The molecule has 112 valence electrons. The molecule has 0 unspecified atom stereocenters. The topological polar surface area (TPSA) is 51.5 Å². The van der Waals surface area contributed by atoms with Gasteiger partial charge in [0.2, 0.25) is 0 Å². The van der Waals surface area contributed by atoms with Crippen molar-refractivity contribution in [2.75, 3.05) is 12.4 Å². The molecule has 21 heavy (non-hydrogen) atoms. The third kappa shape index (κ3) is 3.41. The van der Waals surface area contributed by atoms with Gasteiger partial charge in [-0.25, -0.2) is 13.6 Å². The summed E-state index contributed by atoms with van der Waals surface area (Å²) in [5, 5.41) is 2.79. The molecular weight excluding hydrogens is 348 g/mol. The summed E-state index contributed by atoms with van der Waals surface area (Å²) < 4.78 is 36.9. The number of benzene rings is 1. The first kappa shape index (κ1) is 15.5. The lowest BCUT2D eigenvalue weighted by atomic mass is 10.2. The fourth-order valence-corrected chi connectivity index (χ4v) is 2.38. The van der Waals surface area contributed by atoms with E-state index < -0.39 is 17.6 Å². The maximum Gasteiger partial charge on any atom is 0.341 e. The third-order valence-electron chi connectivity index (χ3n) is 2.82. The molecule has 0 saturated carbocycles. The number of anilines is 1. The van der Waals surface area contributed by atoms with Gasteiger partial charge in [0, 0.05) is 10.5 Å². The number of carbonyl (C=O) groups excluding carboxylic acids is 1. The molecule has 2 aromatic rings. The van der Waals surface area contributed by atoms with Crippen LogP contribution in [0.3, 0.4) is 0 Å². The number of hydrogen-bond donors (Lipinski definition) is 1. The summed E-state index contributed by atoms with van der Waals surface area (Å²) in [5.74, 6) is -1.05. The molecule has 0 amide bonds. The molecule has 1 aromatic heterocycles. The van der Waals surface area contributed by atoms with Crippen molar-refractivity contribution < 1.29 is 22.7 Å². The zero-order valence-electron chi connectivity index (χ0n) is 11.3. The van der Waals surface area contributed by atoms with Crippen LogP contribution in [0.1, 0.15) is 21.9 Å². The van der Waals surface area contributed by atoms with Crippen LogP contribution in [0.2, 0.25) is 0 Å². The van der Waals surface area contributed by atoms with E-state index in [4.69, 9.17) is 4.42 Å². The Morgan fingerprint density at radius 1 is 1.38 bits per heavy atom. The maximum atomic E-state index is 13.6. The number of furan rings is 1. The summed E-state index contributed by atoms with van der Waals surface area (Å²) in [4.78, 5) is 11.5. The smallest absolute Gasteiger partial charge is 0.341 e. The maximum absolute atomic E-state index is 13.6. The molecular formula is C14H12BrF2NO3. The molecule has 0 bridgehead atoms. The molecule has 0 aliphatic carbocycles. The fraction of sp³-hybridized carbons (Fsp3) is 0.214. The standard InChI is InChI=1S/C14H12BrF2NO3/c1-7-10(14(19)20-2)5-9(21-7)6-18-13-11(15)3-8(16)4-12(13)17/h3-5,18H,6H2,1-2H3. The number of hydrogen-bond acceptors (Lipinski definition) is 4. The number of halogens is 3. The van der Waals surface area contributed by atoms with E-state index in [-0.39, 0.29) is 16.7 Å². The average Bonchev–Trinajstić information content (AvgIpc) is 2.78. The molecule has 1 heterocycles.